The lowest BCUT2D eigenvalue weighted by Gasteiger charge is -2.33. The maximum atomic E-state index is 8.80. The highest BCUT2D eigenvalue weighted by atomic mass is 16.5. The number of aliphatic hydroxyl groups is 1. The van der Waals surface area contributed by atoms with Crippen molar-refractivity contribution in [2.45, 2.75) is 25.8 Å². The fourth-order valence-corrected chi connectivity index (χ4v) is 2.29. The second kappa shape index (κ2) is 7.25. The first-order chi connectivity index (χ1) is 9.33. The van der Waals surface area contributed by atoms with Crippen molar-refractivity contribution >= 4 is 5.82 Å². The maximum absolute atomic E-state index is 8.80. The van der Waals surface area contributed by atoms with Crippen molar-refractivity contribution < 1.29 is 9.84 Å². The van der Waals surface area contributed by atoms with Crippen LogP contribution in [-0.2, 0) is 0 Å². The average molecular weight is 266 g/mol. The summed E-state index contributed by atoms with van der Waals surface area (Å²) in [7, 11) is 0. The van der Waals surface area contributed by atoms with Crippen LogP contribution in [0.25, 0.3) is 0 Å². The molecule has 0 saturated carbocycles. The summed E-state index contributed by atoms with van der Waals surface area (Å²) in [5.41, 5.74) is 0. The first kappa shape index (κ1) is 14.0. The van der Waals surface area contributed by atoms with Crippen molar-refractivity contribution in [3.63, 3.8) is 0 Å². The van der Waals surface area contributed by atoms with Crippen LogP contribution in [0.15, 0.2) is 12.4 Å². The topological polar surface area (TPSA) is 70.5 Å². The number of rotatable bonds is 6. The molecule has 0 bridgehead atoms. The molecule has 0 radical (unpaired) electrons. The van der Waals surface area contributed by atoms with Gasteiger partial charge in [-0.15, -0.1) is 0 Å². The Morgan fingerprint density at radius 1 is 1.42 bits per heavy atom. The minimum Gasteiger partial charge on any atom is -0.477 e. The summed E-state index contributed by atoms with van der Waals surface area (Å²) in [5, 5.41) is 12.1. The Morgan fingerprint density at radius 2 is 2.21 bits per heavy atom. The van der Waals surface area contributed by atoms with Crippen LogP contribution >= 0.6 is 0 Å². The summed E-state index contributed by atoms with van der Waals surface area (Å²) in [6.45, 7) is 5.31. The van der Waals surface area contributed by atoms with Gasteiger partial charge in [-0.05, 0) is 19.8 Å². The summed E-state index contributed by atoms with van der Waals surface area (Å²) in [6.07, 6.45) is 5.54. The molecule has 1 saturated heterocycles. The second-order valence-electron chi connectivity index (χ2n) is 4.59. The average Bonchev–Trinajstić information content (AvgIpc) is 2.46. The van der Waals surface area contributed by atoms with E-state index in [1.807, 2.05) is 6.92 Å². The molecule has 0 aliphatic carbocycles. The van der Waals surface area contributed by atoms with E-state index >= 15 is 0 Å². The first-order valence-corrected chi connectivity index (χ1v) is 6.87. The van der Waals surface area contributed by atoms with Gasteiger partial charge in [0.15, 0.2) is 5.82 Å². The lowest BCUT2D eigenvalue weighted by atomic mass is 10.1. The van der Waals surface area contributed by atoms with Gasteiger partial charge in [0.05, 0.1) is 25.6 Å². The van der Waals surface area contributed by atoms with Gasteiger partial charge in [0.1, 0.15) is 0 Å². The van der Waals surface area contributed by atoms with Crippen LogP contribution in [0.1, 0.15) is 19.8 Å². The normalized spacial score (nSPS) is 16.6. The molecule has 0 spiro atoms. The molecule has 1 aromatic rings. The summed E-state index contributed by atoms with van der Waals surface area (Å²) in [5.74, 6) is 1.46. The summed E-state index contributed by atoms with van der Waals surface area (Å²) in [4.78, 5) is 10.9. The zero-order chi connectivity index (χ0) is 13.5. The molecule has 1 aliphatic heterocycles. The predicted molar refractivity (Wildman–Crippen MR) is 73.5 cm³/mol. The standard InChI is InChI=1S/C13H22N4O2/c1-2-19-13-10-14-9-12(16-13)17-6-3-11(4-7-17)15-5-8-18/h9-11,15,18H,2-8H2,1H3. The predicted octanol–water partition coefficient (Wildman–Crippen LogP) is 0.426. The van der Waals surface area contributed by atoms with E-state index in [9.17, 15) is 0 Å². The largest absolute Gasteiger partial charge is 0.477 e. The third kappa shape index (κ3) is 4.04. The number of hydrogen-bond acceptors (Lipinski definition) is 6. The van der Waals surface area contributed by atoms with Gasteiger partial charge in [0.2, 0.25) is 5.88 Å². The zero-order valence-electron chi connectivity index (χ0n) is 11.4. The smallest absolute Gasteiger partial charge is 0.234 e. The molecular formula is C13H22N4O2. The number of aromatic nitrogens is 2. The maximum Gasteiger partial charge on any atom is 0.234 e. The van der Waals surface area contributed by atoms with E-state index in [0.717, 1.165) is 31.7 Å². The Hall–Kier alpha value is -1.40. The Labute approximate surface area is 113 Å². The third-order valence-electron chi connectivity index (χ3n) is 3.26. The number of ether oxygens (including phenoxy) is 1. The lowest BCUT2D eigenvalue weighted by Crippen LogP contribution is -2.43. The third-order valence-corrected chi connectivity index (χ3v) is 3.26. The second-order valence-corrected chi connectivity index (χ2v) is 4.59. The highest BCUT2D eigenvalue weighted by molar-refractivity contribution is 5.38. The molecule has 0 aromatic carbocycles. The highest BCUT2D eigenvalue weighted by Gasteiger charge is 2.20. The van der Waals surface area contributed by atoms with E-state index in [0.29, 0.717) is 25.1 Å². The van der Waals surface area contributed by atoms with Gasteiger partial charge < -0.3 is 20.1 Å². The van der Waals surface area contributed by atoms with E-state index in [1.165, 1.54) is 0 Å². The zero-order valence-corrected chi connectivity index (χ0v) is 11.4. The molecule has 1 aromatic heterocycles. The van der Waals surface area contributed by atoms with Crippen molar-refractivity contribution in [3.05, 3.63) is 12.4 Å². The number of anilines is 1. The Balaban J connectivity index is 1.88. The molecule has 2 rings (SSSR count). The molecule has 106 valence electrons. The molecule has 0 amide bonds. The monoisotopic (exact) mass is 266 g/mol. The number of nitrogens with one attached hydrogen (secondary N) is 1. The van der Waals surface area contributed by atoms with Crippen LogP contribution in [0.5, 0.6) is 5.88 Å². The van der Waals surface area contributed by atoms with Crippen molar-refractivity contribution in [2.75, 3.05) is 37.7 Å². The Bertz CT molecular complexity index is 381. The minimum absolute atomic E-state index is 0.197. The van der Waals surface area contributed by atoms with Gasteiger partial charge in [-0.2, -0.15) is 4.98 Å². The van der Waals surface area contributed by atoms with Crippen LogP contribution in [0, 0.1) is 0 Å². The van der Waals surface area contributed by atoms with Gasteiger partial charge in [0.25, 0.3) is 0 Å². The number of piperidine rings is 1. The van der Waals surface area contributed by atoms with Crippen LogP contribution < -0.4 is 15.0 Å². The van der Waals surface area contributed by atoms with Crippen molar-refractivity contribution in [2.24, 2.45) is 0 Å². The van der Waals surface area contributed by atoms with E-state index < -0.39 is 0 Å². The lowest BCUT2D eigenvalue weighted by molar-refractivity contribution is 0.276. The molecule has 2 heterocycles. The molecule has 1 aliphatic rings. The number of aliphatic hydroxyl groups excluding tert-OH is 1. The molecule has 6 nitrogen and oxygen atoms in total. The Morgan fingerprint density at radius 3 is 2.89 bits per heavy atom. The molecule has 0 atom stereocenters. The minimum atomic E-state index is 0.197. The highest BCUT2D eigenvalue weighted by Crippen LogP contribution is 2.19. The Kier molecular flexibility index (Phi) is 5.35. The number of hydrogen-bond donors (Lipinski definition) is 2. The van der Waals surface area contributed by atoms with Crippen LogP contribution in [0.4, 0.5) is 5.82 Å². The summed E-state index contributed by atoms with van der Waals surface area (Å²) >= 11 is 0. The van der Waals surface area contributed by atoms with Crippen LogP contribution in [0.3, 0.4) is 0 Å². The number of nitrogens with zero attached hydrogens (tertiary/aromatic N) is 3. The van der Waals surface area contributed by atoms with Crippen LogP contribution in [0.2, 0.25) is 0 Å². The van der Waals surface area contributed by atoms with Gasteiger partial charge in [-0.1, -0.05) is 0 Å². The molecule has 1 fully saturated rings. The molecule has 0 unspecified atom stereocenters. The van der Waals surface area contributed by atoms with Crippen LogP contribution in [-0.4, -0.2) is 54.0 Å². The molecule has 6 heteroatoms. The molecule has 19 heavy (non-hydrogen) atoms. The first-order valence-electron chi connectivity index (χ1n) is 6.87. The van der Waals surface area contributed by atoms with Crippen molar-refractivity contribution in [3.8, 4) is 5.88 Å². The van der Waals surface area contributed by atoms with E-state index in [-0.39, 0.29) is 6.61 Å². The van der Waals surface area contributed by atoms with E-state index in [4.69, 9.17) is 9.84 Å². The fraction of sp³-hybridized carbons (Fsp3) is 0.692. The van der Waals surface area contributed by atoms with E-state index in [1.54, 1.807) is 12.4 Å². The SMILES string of the molecule is CCOc1cncc(N2CCC(NCCO)CC2)n1. The van der Waals surface area contributed by atoms with Gasteiger partial charge in [-0.25, -0.2) is 0 Å². The van der Waals surface area contributed by atoms with E-state index in [2.05, 4.69) is 20.2 Å². The molecular weight excluding hydrogens is 244 g/mol. The summed E-state index contributed by atoms with van der Waals surface area (Å²) < 4.78 is 5.37. The fourth-order valence-electron chi connectivity index (χ4n) is 2.29. The van der Waals surface area contributed by atoms with Gasteiger partial charge in [0, 0.05) is 25.7 Å². The van der Waals surface area contributed by atoms with Gasteiger partial charge >= 0.3 is 0 Å². The van der Waals surface area contributed by atoms with Gasteiger partial charge in [-0.3, -0.25) is 4.98 Å². The quantitative estimate of drug-likeness (QED) is 0.778. The molecule has 2 N–H and O–H groups in total. The van der Waals surface area contributed by atoms with Crippen molar-refractivity contribution in [1.82, 2.24) is 15.3 Å². The van der Waals surface area contributed by atoms with Crippen molar-refractivity contribution in [1.29, 1.82) is 0 Å². The summed E-state index contributed by atoms with van der Waals surface area (Å²) in [6, 6.07) is 0.492.